The summed E-state index contributed by atoms with van der Waals surface area (Å²) in [6, 6.07) is 5.26. The molecule has 0 saturated carbocycles. The molecule has 1 aromatic carbocycles. The normalized spacial score (nSPS) is 10.3. The summed E-state index contributed by atoms with van der Waals surface area (Å²) in [6.45, 7) is 7.19. The number of hydrogen-bond acceptors (Lipinski definition) is 5. The molecule has 0 aliphatic heterocycles. The summed E-state index contributed by atoms with van der Waals surface area (Å²) in [5.41, 5.74) is 0.720. The van der Waals surface area contributed by atoms with Gasteiger partial charge >= 0.3 is 21.3 Å². The maximum absolute atomic E-state index is 11.7. The quantitative estimate of drug-likeness (QED) is 0.496. The Labute approximate surface area is 143 Å². The van der Waals surface area contributed by atoms with Crippen LogP contribution < -0.4 is 10.1 Å². The van der Waals surface area contributed by atoms with Gasteiger partial charge in [0.2, 0.25) is 0 Å². The zero-order valence-electron chi connectivity index (χ0n) is 14.3. The van der Waals surface area contributed by atoms with Crippen molar-refractivity contribution in [1.82, 2.24) is 5.32 Å². The summed E-state index contributed by atoms with van der Waals surface area (Å²) in [4.78, 5) is 22.8. The molecular formula is C16H24NO6Si+. The lowest BCUT2D eigenvalue weighted by molar-refractivity contribution is 0.0695. The number of aromatic carboxylic acids is 1. The van der Waals surface area contributed by atoms with Gasteiger partial charge in [-0.15, -0.1) is 0 Å². The Morgan fingerprint density at radius 1 is 1.21 bits per heavy atom. The Bertz CT molecular complexity index is 545. The average Bonchev–Trinajstić information content (AvgIpc) is 2.53. The second-order valence-corrected chi connectivity index (χ2v) is 6.76. The number of amides is 1. The highest BCUT2D eigenvalue weighted by molar-refractivity contribution is 6.44. The molecule has 7 nitrogen and oxygen atoms in total. The van der Waals surface area contributed by atoms with E-state index in [9.17, 15) is 9.59 Å². The lowest BCUT2D eigenvalue weighted by Crippen LogP contribution is -2.30. The molecule has 0 bridgehead atoms. The van der Waals surface area contributed by atoms with Crippen LogP contribution in [0.15, 0.2) is 18.2 Å². The molecule has 0 atom stereocenters. The summed E-state index contributed by atoms with van der Waals surface area (Å²) < 4.78 is 16.1. The molecule has 1 amide bonds. The van der Waals surface area contributed by atoms with E-state index in [0.717, 1.165) is 12.5 Å². The van der Waals surface area contributed by atoms with Crippen LogP contribution in [0.2, 0.25) is 6.04 Å². The lowest BCUT2D eigenvalue weighted by Gasteiger charge is -2.08. The van der Waals surface area contributed by atoms with Crippen molar-refractivity contribution in [3.63, 3.8) is 0 Å². The molecule has 0 saturated heterocycles. The number of carbonyl (C=O) groups excluding carboxylic acids is 1. The van der Waals surface area contributed by atoms with Gasteiger partial charge in [-0.1, -0.05) is 6.07 Å². The second-order valence-electron chi connectivity index (χ2n) is 4.94. The first-order valence-corrected chi connectivity index (χ1v) is 9.41. The van der Waals surface area contributed by atoms with Gasteiger partial charge < -0.3 is 15.2 Å². The third-order valence-electron chi connectivity index (χ3n) is 3.09. The fraction of sp³-hybridized carbons (Fsp3) is 0.500. The number of carboxylic acid groups (broad SMARTS) is 1. The molecule has 0 aliphatic carbocycles. The monoisotopic (exact) mass is 354 g/mol. The molecule has 0 unspecified atom stereocenters. The Kier molecular flexibility index (Phi) is 9.06. The molecule has 1 rings (SSSR count). The zero-order chi connectivity index (χ0) is 17.9. The van der Waals surface area contributed by atoms with Gasteiger partial charge in [-0.05, 0) is 44.9 Å². The van der Waals surface area contributed by atoms with E-state index in [1.54, 1.807) is 19.1 Å². The molecule has 8 heteroatoms. The lowest BCUT2D eigenvalue weighted by atomic mass is 10.1. The van der Waals surface area contributed by atoms with Crippen molar-refractivity contribution < 1.29 is 28.3 Å². The van der Waals surface area contributed by atoms with Gasteiger partial charge in [-0.2, -0.15) is 0 Å². The van der Waals surface area contributed by atoms with Crippen molar-refractivity contribution in [2.45, 2.75) is 33.2 Å². The summed E-state index contributed by atoms with van der Waals surface area (Å²) in [7, 11) is -1.28. The van der Waals surface area contributed by atoms with Crippen molar-refractivity contribution in [2.24, 2.45) is 0 Å². The smallest absolute Gasteiger partial charge is 0.478 e. The summed E-state index contributed by atoms with van der Waals surface area (Å²) in [5, 5.41) is 11.7. The van der Waals surface area contributed by atoms with Gasteiger partial charge in [0.1, 0.15) is 11.8 Å². The van der Waals surface area contributed by atoms with Crippen molar-refractivity contribution in [1.29, 1.82) is 0 Å². The van der Waals surface area contributed by atoms with E-state index >= 15 is 0 Å². The Morgan fingerprint density at radius 2 is 1.88 bits per heavy atom. The average molecular weight is 354 g/mol. The van der Waals surface area contributed by atoms with Gasteiger partial charge in [-0.3, -0.25) is 0 Å². The van der Waals surface area contributed by atoms with Gasteiger partial charge in [0.25, 0.3) is 0 Å². The third kappa shape index (κ3) is 7.11. The van der Waals surface area contributed by atoms with E-state index in [4.69, 9.17) is 18.7 Å². The van der Waals surface area contributed by atoms with Crippen molar-refractivity contribution in [2.75, 3.05) is 19.8 Å². The SMILES string of the molecule is CCO[Si+](CCCNC(=O)Oc1ccc(C)c(C(=O)O)c1)OCC. The van der Waals surface area contributed by atoms with Crippen LogP contribution in [-0.4, -0.2) is 46.2 Å². The first-order valence-electron chi connectivity index (χ1n) is 7.89. The molecule has 1 aromatic rings. The Balaban J connectivity index is 2.39. The van der Waals surface area contributed by atoms with Crippen LogP contribution in [0.3, 0.4) is 0 Å². The van der Waals surface area contributed by atoms with E-state index < -0.39 is 21.3 Å². The molecule has 0 radical (unpaired) electrons. The van der Waals surface area contributed by atoms with Gasteiger partial charge in [0.15, 0.2) is 0 Å². The minimum Gasteiger partial charge on any atom is -0.478 e. The number of ether oxygens (including phenoxy) is 1. The van der Waals surface area contributed by atoms with Crippen LogP contribution >= 0.6 is 0 Å². The highest BCUT2D eigenvalue weighted by atomic mass is 28.3. The summed E-state index contributed by atoms with van der Waals surface area (Å²) in [6.07, 6.45) is 0.106. The minimum absolute atomic E-state index is 0.112. The highest BCUT2D eigenvalue weighted by Gasteiger charge is 2.30. The summed E-state index contributed by atoms with van der Waals surface area (Å²) >= 11 is 0. The van der Waals surface area contributed by atoms with Crippen LogP contribution in [-0.2, 0) is 8.85 Å². The van der Waals surface area contributed by atoms with Crippen LogP contribution in [0, 0.1) is 6.92 Å². The molecule has 2 N–H and O–H groups in total. The number of carboxylic acids is 1. The molecule has 132 valence electrons. The standard InChI is InChI=1S/C16H23NO6Si/c1-4-21-24(22-5-2)10-6-9-17-16(20)23-13-8-7-12(3)14(11-13)15(18)19/h7-8,11H,4-6,9-10H2,1-3H3,(H-,17,18,19,20)/p+1. The van der Waals surface area contributed by atoms with E-state index in [0.29, 0.717) is 25.3 Å². The predicted molar refractivity (Wildman–Crippen MR) is 90.6 cm³/mol. The molecule has 0 aliphatic rings. The number of carbonyl (C=O) groups is 2. The molecule has 24 heavy (non-hydrogen) atoms. The van der Waals surface area contributed by atoms with Crippen LogP contribution in [0.4, 0.5) is 4.79 Å². The van der Waals surface area contributed by atoms with E-state index in [2.05, 4.69) is 5.32 Å². The van der Waals surface area contributed by atoms with Gasteiger partial charge in [0, 0.05) is 6.54 Å². The molecule has 0 spiro atoms. The van der Waals surface area contributed by atoms with Crippen LogP contribution in [0.1, 0.15) is 36.2 Å². The first-order chi connectivity index (χ1) is 11.5. The Morgan fingerprint density at radius 3 is 2.46 bits per heavy atom. The predicted octanol–water partition coefficient (Wildman–Crippen LogP) is 2.73. The van der Waals surface area contributed by atoms with Crippen molar-refractivity contribution in [3.05, 3.63) is 29.3 Å². The highest BCUT2D eigenvalue weighted by Crippen LogP contribution is 2.17. The first kappa shape index (κ1) is 20.1. The van der Waals surface area contributed by atoms with E-state index in [1.807, 2.05) is 13.8 Å². The Hall–Kier alpha value is -1.90. The largest absolute Gasteiger partial charge is 0.643 e. The fourth-order valence-electron chi connectivity index (χ4n) is 1.97. The number of nitrogens with one attached hydrogen (secondary N) is 1. The van der Waals surface area contributed by atoms with E-state index in [-0.39, 0.29) is 11.3 Å². The number of hydrogen-bond donors (Lipinski definition) is 2. The second kappa shape index (κ2) is 10.8. The van der Waals surface area contributed by atoms with Crippen LogP contribution in [0.5, 0.6) is 5.75 Å². The van der Waals surface area contributed by atoms with Crippen molar-refractivity contribution >= 4 is 21.3 Å². The third-order valence-corrected chi connectivity index (χ3v) is 5.07. The fourth-order valence-corrected chi connectivity index (χ4v) is 3.45. The molecule has 0 aromatic heterocycles. The van der Waals surface area contributed by atoms with Gasteiger partial charge in [0.05, 0.1) is 18.8 Å². The molecule has 0 heterocycles. The topological polar surface area (TPSA) is 94.1 Å². The maximum atomic E-state index is 11.7. The maximum Gasteiger partial charge on any atom is 0.643 e. The van der Waals surface area contributed by atoms with Gasteiger partial charge in [-0.25, -0.2) is 18.4 Å². The minimum atomic E-state index is -1.28. The van der Waals surface area contributed by atoms with Crippen molar-refractivity contribution in [3.8, 4) is 5.75 Å². The number of rotatable bonds is 10. The van der Waals surface area contributed by atoms with E-state index in [1.165, 1.54) is 6.07 Å². The number of aryl methyl sites for hydroxylation is 1. The molecular weight excluding hydrogens is 330 g/mol. The van der Waals surface area contributed by atoms with Crippen LogP contribution in [0.25, 0.3) is 0 Å². The molecule has 0 fully saturated rings. The summed E-state index contributed by atoms with van der Waals surface area (Å²) in [5.74, 6) is -0.858. The number of benzene rings is 1. The zero-order valence-corrected chi connectivity index (χ0v) is 15.3.